The molecule has 2 aromatic rings. The van der Waals surface area contributed by atoms with Crippen LogP contribution in [0.2, 0.25) is 5.02 Å². The van der Waals surface area contributed by atoms with Crippen molar-refractivity contribution in [2.45, 2.75) is 11.7 Å². The van der Waals surface area contributed by atoms with Crippen molar-refractivity contribution in [3.8, 4) is 0 Å². The van der Waals surface area contributed by atoms with Gasteiger partial charge in [-0.3, -0.25) is 4.79 Å². The van der Waals surface area contributed by atoms with Crippen LogP contribution in [0.5, 0.6) is 0 Å². The summed E-state index contributed by atoms with van der Waals surface area (Å²) >= 11 is 7.00. The molecule has 0 unspecified atom stereocenters. The summed E-state index contributed by atoms with van der Waals surface area (Å²) in [6.07, 6.45) is 0. The molecule has 110 valence electrons. The van der Waals surface area contributed by atoms with E-state index in [-0.39, 0.29) is 23.6 Å². The number of carbonyl (C=O) groups is 1. The van der Waals surface area contributed by atoms with E-state index >= 15 is 0 Å². The molecular formula is C12H13ClN6OS. The van der Waals surface area contributed by atoms with E-state index in [0.717, 1.165) is 17.3 Å². The minimum absolute atomic E-state index is 0.0318. The van der Waals surface area contributed by atoms with Crippen LogP contribution in [0.3, 0.4) is 0 Å². The van der Waals surface area contributed by atoms with E-state index in [9.17, 15) is 4.79 Å². The number of benzene rings is 1. The molecule has 0 saturated carbocycles. The van der Waals surface area contributed by atoms with Crippen LogP contribution in [0, 0.1) is 0 Å². The molecule has 0 aliphatic heterocycles. The number of hydrogen-bond donors (Lipinski definition) is 3. The van der Waals surface area contributed by atoms with Gasteiger partial charge in [-0.1, -0.05) is 35.5 Å². The summed E-state index contributed by atoms with van der Waals surface area (Å²) < 4.78 is 0. The third kappa shape index (κ3) is 5.09. The van der Waals surface area contributed by atoms with Gasteiger partial charge < -0.3 is 16.8 Å². The standard InChI is InChI=1S/C12H13ClN6OS/c13-8-3-1-2-7(4-8)5-16-9(20)6-21-12-18-10(14)17-11(15)19-12/h1-4H,5-6H2,(H,16,20)(H4,14,15,17,18,19). The van der Waals surface area contributed by atoms with E-state index in [1.807, 2.05) is 12.1 Å². The van der Waals surface area contributed by atoms with Crippen molar-refractivity contribution in [3.05, 3.63) is 34.9 Å². The second-order valence-electron chi connectivity index (χ2n) is 4.03. The number of nitrogens with zero attached hydrogens (tertiary/aromatic N) is 3. The van der Waals surface area contributed by atoms with Gasteiger partial charge in [-0.2, -0.15) is 15.0 Å². The number of carbonyl (C=O) groups excluding carboxylic acids is 1. The Labute approximate surface area is 130 Å². The number of nitrogen functional groups attached to an aromatic ring is 2. The molecule has 0 radical (unpaired) electrons. The van der Waals surface area contributed by atoms with Crippen molar-refractivity contribution in [2.24, 2.45) is 0 Å². The van der Waals surface area contributed by atoms with Gasteiger partial charge >= 0.3 is 0 Å². The number of aromatic nitrogens is 3. The zero-order valence-electron chi connectivity index (χ0n) is 10.9. The summed E-state index contributed by atoms with van der Waals surface area (Å²) in [5.74, 6) is 0.0647. The van der Waals surface area contributed by atoms with E-state index in [1.165, 1.54) is 0 Å². The average Bonchev–Trinajstić information content (AvgIpc) is 2.42. The van der Waals surface area contributed by atoms with Crippen molar-refractivity contribution in [1.29, 1.82) is 0 Å². The third-order valence-electron chi connectivity index (χ3n) is 2.36. The maximum absolute atomic E-state index is 11.7. The molecule has 1 aromatic carbocycles. The first-order valence-corrected chi connectivity index (χ1v) is 7.30. The van der Waals surface area contributed by atoms with Crippen LogP contribution >= 0.6 is 23.4 Å². The third-order valence-corrected chi connectivity index (χ3v) is 3.44. The van der Waals surface area contributed by atoms with Crippen LogP contribution in [0.1, 0.15) is 5.56 Å². The van der Waals surface area contributed by atoms with Gasteiger partial charge in [0.2, 0.25) is 17.8 Å². The molecule has 0 fully saturated rings. The Morgan fingerprint density at radius 3 is 2.62 bits per heavy atom. The predicted molar refractivity (Wildman–Crippen MR) is 82.7 cm³/mol. The summed E-state index contributed by atoms with van der Waals surface area (Å²) in [5, 5.41) is 3.72. The summed E-state index contributed by atoms with van der Waals surface area (Å²) in [4.78, 5) is 23.2. The largest absolute Gasteiger partial charge is 0.368 e. The van der Waals surface area contributed by atoms with Crippen molar-refractivity contribution >= 4 is 41.2 Å². The Morgan fingerprint density at radius 1 is 1.24 bits per heavy atom. The molecule has 0 aliphatic carbocycles. The predicted octanol–water partition coefficient (Wildman–Crippen LogP) is 1.10. The van der Waals surface area contributed by atoms with E-state index in [2.05, 4.69) is 20.3 Å². The van der Waals surface area contributed by atoms with Gasteiger partial charge in [-0.25, -0.2) is 0 Å². The molecule has 9 heteroatoms. The van der Waals surface area contributed by atoms with Gasteiger partial charge in [0.25, 0.3) is 0 Å². The molecule has 1 amide bonds. The van der Waals surface area contributed by atoms with Crippen molar-refractivity contribution < 1.29 is 4.79 Å². The highest BCUT2D eigenvalue weighted by Gasteiger charge is 2.07. The van der Waals surface area contributed by atoms with Gasteiger partial charge in [0.15, 0.2) is 5.16 Å². The molecule has 0 spiro atoms. The Balaban J connectivity index is 1.82. The van der Waals surface area contributed by atoms with E-state index < -0.39 is 0 Å². The number of nitrogens with one attached hydrogen (secondary N) is 1. The van der Waals surface area contributed by atoms with Crippen molar-refractivity contribution in [3.63, 3.8) is 0 Å². The van der Waals surface area contributed by atoms with E-state index in [0.29, 0.717) is 16.7 Å². The zero-order valence-corrected chi connectivity index (χ0v) is 12.5. The second kappa shape index (κ2) is 7.09. The number of amides is 1. The summed E-state index contributed by atoms with van der Waals surface area (Å²) in [6, 6.07) is 7.28. The van der Waals surface area contributed by atoms with Gasteiger partial charge in [0.05, 0.1) is 5.75 Å². The van der Waals surface area contributed by atoms with Gasteiger partial charge in [-0.05, 0) is 17.7 Å². The monoisotopic (exact) mass is 324 g/mol. The van der Waals surface area contributed by atoms with E-state index in [1.54, 1.807) is 12.1 Å². The molecule has 0 bridgehead atoms. The zero-order chi connectivity index (χ0) is 15.2. The lowest BCUT2D eigenvalue weighted by Crippen LogP contribution is -2.24. The Hall–Kier alpha value is -2.06. The normalized spacial score (nSPS) is 10.3. The maximum atomic E-state index is 11.7. The Morgan fingerprint density at radius 2 is 1.95 bits per heavy atom. The highest BCUT2D eigenvalue weighted by molar-refractivity contribution is 7.99. The minimum atomic E-state index is -0.155. The number of anilines is 2. The van der Waals surface area contributed by atoms with Crippen LogP contribution in [0.25, 0.3) is 0 Å². The lowest BCUT2D eigenvalue weighted by molar-refractivity contribution is -0.118. The number of thioether (sulfide) groups is 1. The molecule has 2 rings (SSSR count). The van der Waals surface area contributed by atoms with Crippen LogP contribution in [-0.2, 0) is 11.3 Å². The topological polar surface area (TPSA) is 120 Å². The fourth-order valence-electron chi connectivity index (χ4n) is 1.48. The van der Waals surface area contributed by atoms with Gasteiger partial charge in [-0.15, -0.1) is 0 Å². The van der Waals surface area contributed by atoms with Crippen LogP contribution in [0.15, 0.2) is 29.4 Å². The van der Waals surface area contributed by atoms with Crippen LogP contribution < -0.4 is 16.8 Å². The molecule has 1 aromatic heterocycles. The highest BCUT2D eigenvalue weighted by Crippen LogP contribution is 2.14. The fraction of sp³-hybridized carbons (Fsp3) is 0.167. The molecule has 5 N–H and O–H groups in total. The van der Waals surface area contributed by atoms with Crippen LogP contribution in [0.4, 0.5) is 11.9 Å². The number of halogens is 1. The summed E-state index contributed by atoms with van der Waals surface area (Å²) in [7, 11) is 0. The minimum Gasteiger partial charge on any atom is -0.368 e. The molecule has 21 heavy (non-hydrogen) atoms. The number of rotatable bonds is 5. The Bertz CT molecular complexity index is 633. The second-order valence-corrected chi connectivity index (χ2v) is 5.41. The molecule has 0 aliphatic rings. The molecular weight excluding hydrogens is 312 g/mol. The fourth-order valence-corrected chi connectivity index (χ4v) is 2.37. The molecule has 0 saturated heterocycles. The number of hydrogen-bond acceptors (Lipinski definition) is 7. The summed E-state index contributed by atoms with van der Waals surface area (Å²) in [5.41, 5.74) is 11.8. The van der Waals surface area contributed by atoms with Gasteiger partial charge in [0.1, 0.15) is 0 Å². The lowest BCUT2D eigenvalue weighted by Gasteiger charge is -2.05. The first-order valence-electron chi connectivity index (χ1n) is 5.94. The first kappa shape index (κ1) is 15.3. The number of nitrogens with two attached hydrogens (primary N) is 2. The van der Waals surface area contributed by atoms with Crippen molar-refractivity contribution in [2.75, 3.05) is 17.2 Å². The molecule has 7 nitrogen and oxygen atoms in total. The SMILES string of the molecule is Nc1nc(N)nc(SCC(=O)NCc2cccc(Cl)c2)n1. The van der Waals surface area contributed by atoms with Crippen molar-refractivity contribution in [1.82, 2.24) is 20.3 Å². The highest BCUT2D eigenvalue weighted by atomic mass is 35.5. The molecule has 0 atom stereocenters. The molecule has 1 heterocycles. The quantitative estimate of drug-likeness (QED) is 0.704. The van der Waals surface area contributed by atoms with E-state index in [4.69, 9.17) is 23.1 Å². The van der Waals surface area contributed by atoms with Crippen LogP contribution in [-0.4, -0.2) is 26.6 Å². The average molecular weight is 325 g/mol. The lowest BCUT2D eigenvalue weighted by atomic mass is 10.2. The first-order chi connectivity index (χ1) is 10.0. The maximum Gasteiger partial charge on any atom is 0.230 e. The summed E-state index contributed by atoms with van der Waals surface area (Å²) in [6.45, 7) is 0.404. The van der Waals surface area contributed by atoms with Gasteiger partial charge in [0, 0.05) is 11.6 Å². The Kier molecular flexibility index (Phi) is 5.18. The smallest absolute Gasteiger partial charge is 0.230 e.